The summed E-state index contributed by atoms with van der Waals surface area (Å²) in [5.74, 6) is 0.571. The van der Waals surface area contributed by atoms with Crippen molar-refractivity contribution in [3.8, 4) is 0 Å². The minimum absolute atomic E-state index is 0.196. The van der Waals surface area contributed by atoms with Crippen LogP contribution in [-0.4, -0.2) is 28.9 Å². The summed E-state index contributed by atoms with van der Waals surface area (Å²) in [7, 11) is 0. The first-order chi connectivity index (χ1) is 8.09. The van der Waals surface area contributed by atoms with Crippen LogP contribution in [0.5, 0.6) is 0 Å². The Labute approximate surface area is 105 Å². The van der Waals surface area contributed by atoms with Crippen molar-refractivity contribution in [3.05, 3.63) is 0 Å². The Kier molecular flexibility index (Phi) is 4.08. The molecule has 2 unspecified atom stereocenters. The van der Waals surface area contributed by atoms with Gasteiger partial charge in [-0.05, 0) is 52.4 Å². The Balaban J connectivity index is 1.99. The molecule has 2 saturated carbocycles. The lowest BCUT2D eigenvalue weighted by molar-refractivity contribution is -0.143. The fourth-order valence-corrected chi connectivity index (χ4v) is 3.18. The third-order valence-corrected chi connectivity index (χ3v) is 4.34. The van der Waals surface area contributed by atoms with Gasteiger partial charge in [-0.2, -0.15) is 0 Å². The highest BCUT2D eigenvalue weighted by molar-refractivity contribution is 5.79. The van der Waals surface area contributed by atoms with E-state index in [1.165, 1.54) is 19.3 Å². The standard InChI is InChI=1S/C14H26N2O/c1-10(2)16(13-7-4-8-13)14(17)11-5-3-6-12(15)9-11/h10-13H,3-9,15H2,1-2H3. The van der Waals surface area contributed by atoms with E-state index in [1.807, 2.05) is 0 Å². The predicted molar refractivity (Wildman–Crippen MR) is 69.6 cm³/mol. The van der Waals surface area contributed by atoms with Gasteiger partial charge in [0.05, 0.1) is 0 Å². The highest BCUT2D eigenvalue weighted by atomic mass is 16.2. The molecule has 2 atom stereocenters. The van der Waals surface area contributed by atoms with Gasteiger partial charge in [-0.15, -0.1) is 0 Å². The summed E-state index contributed by atoms with van der Waals surface area (Å²) in [6, 6.07) is 1.10. The Hall–Kier alpha value is -0.570. The summed E-state index contributed by atoms with van der Waals surface area (Å²) in [5, 5.41) is 0. The van der Waals surface area contributed by atoms with E-state index in [1.54, 1.807) is 0 Å². The fraction of sp³-hybridized carbons (Fsp3) is 0.929. The van der Waals surface area contributed by atoms with Gasteiger partial charge in [0.1, 0.15) is 0 Å². The summed E-state index contributed by atoms with van der Waals surface area (Å²) in [6.45, 7) is 4.28. The molecule has 0 heterocycles. The number of hydrogen-bond donors (Lipinski definition) is 1. The van der Waals surface area contributed by atoms with Crippen molar-refractivity contribution in [2.75, 3.05) is 0 Å². The summed E-state index contributed by atoms with van der Waals surface area (Å²) in [6.07, 6.45) is 7.83. The van der Waals surface area contributed by atoms with Gasteiger partial charge < -0.3 is 10.6 Å². The quantitative estimate of drug-likeness (QED) is 0.820. The molecule has 2 aliphatic carbocycles. The normalized spacial score (nSPS) is 30.1. The maximum Gasteiger partial charge on any atom is 0.226 e. The zero-order valence-electron chi connectivity index (χ0n) is 11.2. The van der Waals surface area contributed by atoms with E-state index in [2.05, 4.69) is 18.7 Å². The summed E-state index contributed by atoms with van der Waals surface area (Å²) < 4.78 is 0. The van der Waals surface area contributed by atoms with Gasteiger partial charge in [0.25, 0.3) is 0 Å². The van der Waals surface area contributed by atoms with Crippen LogP contribution in [-0.2, 0) is 4.79 Å². The van der Waals surface area contributed by atoms with Crippen molar-refractivity contribution in [2.24, 2.45) is 11.7 Å². The van der Waals surface area contributed by atoms with E-state index in [0.29, 0.717) is 18.0 Å². The van der Waals surface area contributed by atoms with Crippen molar-refractivity contribution >= 4 is 5.91 Å². The fourth-order valence-electron chi connectivity index (χ4n) is 3.18. The lowest BCUT2D eigenvalue weighted by Crippen LogP contribution is -2.51. The maximum absolute atomic E-state index is 12.6. The smallest absolute Gasteiger partial charge is 0.226 e. The number of carbonyl (C=O) groups excluding carboxylic acids is 1. The molecule has 1 amide bonds. The molecule has 3 heteroatoms. The first-order valence-corrected chi connectivity index (χ1v) is 7.17. The molecule has 0 aromatic carbocycles. The average Bonchev–Trinajstić information content (AvgIpc) is 2.21. The largest absolute Gasteiger partial charge is 0.337 e. The highest BCUT2D eigenvalue weighted by Gasteiger charge is 2.35. The molecule has 98 valence electrons. The molecule has 0 aromatic rings. The van der Waals surface area contributed by atoms with Crippen LogP contribution in [0.2, 0.25) is 0 Å². The van der Waals surface area contributed by atoms with Gasteiger partial charge in [0.15, 0.2) is 0 Å². The van der Waals surface area contributed by atoms with Crippen LogP contribution in [0.4, 0.5) is 0 Å². The molecule has 3 nitrogen and oxygen atoms in total. The first-order valence-electron chi connectivity index (χ1n) is 7.17. The van der Waals surface area contributed by atoms with Crippen molar-refractivity contribution in [1.82, 2.24) is 4.90 Å². The molecule has 2 rings (SSSR count). The molecule has 0 radical (unpaired) electrons. The van der Waals surface area contributed by atoms with Crippen LogP contribution < -0.4 is 5.73 Å². The Morgan fingerprint density at radius 2 is 1.82 bits per heavy atom. The summed E-state index contributed by atoms with van der Waals surface area (Å²) in [4.78, 5) is 14.7. The maximum atomic E-state index is 12.6. The van der Waals surface area contributed by atoms with Crippen LogP contribution in [0.25, 0.3) is 0 Å². The molecule has 2 fully saturated rings. The summed E-state index contributed by atoms with van der Waals surface area (Å²) in [5.41, 5.74) is 5.99. The number of rotatable bonds is 3. The van der Waals surface area contributed by atoms with Gasteiger partial charge in [-0.1, -0.05) is 6.42 Å². The summed E-state index contributed by atoms with van der Waals surface area (Å²) >= 11 is 0. The number of nitrogens with two attached hydrogens (primary N) is 1. The molecule has 0 saturated heterocycles. The van der Waals surface area contributed by atoms with E-state index in [4.69, 9.17) is 5.73 Å². The van der Waals surface area contributed by atoms with Crippen molar-refractivity contribution in [3.63, 3.8) is 0 Å². The third kappa shape index (κ3) is 2.82. The van der Waals surface area contributed by atoms with Crippen LogP contribution >= 0.6 is 0 Å². The Morgan fingerprint density at radius 3 is 2.29 bits per heavy atom. The number of amides is 1. The molecular weight excluding hydrogens is 212 g/mol. The van der Waals surface area contributed by atoms with Gasteiger partial charge in [-0.25, -0.2) is 0 Å². The van der Waals surface area contributed by atoms with Crippen molar-refractivity contribution < 1.29 is 4.79 Å². The lowest BCUT2D eigenvalue weighted by atomic mass is 9.83. The molecule has 2 aliphatic rings. The zero-order chi connectivity index (χ0) is 12.4. The van der Waals surface area contributed by atoms with Crippen LogP contribution in [0.1, 0.15) is 58.8 Å². The van der Waals surface area contributed by atoms with E-state index < -0.39 is 0 Å². The zero-order valence-corrected chi connectivity index (χ0v) is 11.2. The second-order valence-corrected chi connectivity index (χ2v) is 6.05. The Bertz CT molecular complexity index is 273. The minimum atomic E-state index is 0.196. The minimum Gasteiger partial charge on any atom is -0.337 e. The topological polar surface area (TPSA) is 46.3 Å². The highest BCUT2D eigenvalue weighted by Crippen LogP contribution is 2.31. The SMILES string of the molecule is CC(C)N(C(=O)C1CCCC(N)C1)C1CCC1. The number of hydrogen-bond acceptors (Lipinski definition) is 2. The molecule has 0 spiro atoms. The molecule has 17 heavy (non-hydrogen) atoms. The van der Waals surface area contributed by atoms with Crippen LogP contribution in [0.15, 0.2) is 0 Å². The predicted octanol–water partition coefficient (Wildman–Crippen LogP) is 2.29. The van der Waals surface area contributed by atoms with E-state index in [-0.39, 0.29) is 12.0 Å². The van der Waals surface area contributed by atoms with Crippen molar-refractivity contribution in [2.45, 2.75) is 76.9 Å². The lowest BCUT2D eigenvalue weighted by Gasteiger charge is -2.43. The van der Waals surface area contributed by atoms with Gasteiger partial charge in [0, 0.05) is 24.0 Å². The number of nitrogens with zero attached hydrogens (tertiary/aromatic N) is 1. The monoisotopic (exact) mass is 238 g/mol. The second kappa shape index (κ2) is 5.38. The third-order valence-electron chi connectivity index (χ3n) is 4.34. The molecular formula is C14H26N2O. The average molecular weight is 238 g/mol. The van der Waals surface area contributed by atoms with Gasteiger partial charge >= 0.3 is 0 Å². The second-order valence-electron chi connectivity index (χ2n) is 6.05. The van der Waals surface area contributed by atoms with Crippen molar-refractivity contribution in [1.29, 1.82) is 0 Å². The van der Waals surface area contributed by atoms with Crippen LogP contribution in [0, 0.1) is 5.92 Å². The molecule has 0 aliphatic heterocycles. The van der Waals surface area contributed by atoms with Gasteiger partial charge in [-0.3, -0.25) is 4.79 Å². The van der Waals surface area contributed by atoms with E-state index in [0.717, 1.165) is 25.7 Å². The molecule has 0 bridgehead atoms. The molecule has 0 aromatic heterocycles. The molecule has 2 N–H and O–H groups in total. The van der Waals surface area contributed by atoms with E-state index in [9.17, 15) is 4.79 Å². The number of carbonyl (C=O) groups is 1. The van der Waals surface area contributed by atoms with Gasteiger partial charge in [0.2, 0.25) is 5.91 Å². The first kappa shape index (κ1) is 12.9. The van der Waals surface area contributed by atoms with E-state index >= 15 is 0 Å². The van der Waals surface area contributed by atoms with Crippen LogP contribution in [0.3, 0.4) is 0 Å². The Morgan fingerprint density at radius 1 is 1.18 bits per heavy atom.